The maximum atomic E-state index is 9.71. The smallest absolute Gasteiger partial charge is 0.138 e. The van der Waals surface area contributed by atoms with Gasteiger partial charge in [-0.05, 0) is 55.8 Å². The first kappa shape index (κ1) is 15.2. The van der Waals surface area contributed by atoms with E-state index in [1.54, 1.807) is 17.3 Å². The van der Waals surface area contributed by atoms with Crippen LogP contribution in [0.25, 0.3) is 5.69 Å². The number of benzene rings is 1. The van der Waals surface area contributed by atoms with Crippen molar-refractivity contribution in [3.05, 3.63) is 42.0 Å². The van der Waals surface area contributed by atoms with E-state index in [1.807, 2.05) is 0 Å². The van der Waals surface area contributed by atoms with Crippen molar-refractivity contribution in [2.24, 2.45) is 5.92 Å². The van der Waals surface area contributed by atoms with E-state index in [9.17, 15) is 5.11 Å². The predicted molar refractivity (Wildman–Crippen MR) is 85.8 cm³/mol. The number of aryl methyl sites for hydroxylation is 1. The van der Waals surface area contributed by atoms with Crippen LogP contribution < -0.4 is 5.32 Å². The number of hydrogen-bond donors (Lipinski definition) is 2. The van der Waals surface area contributed by atoms with Gasteiger partial charge < -0.3 is 10.4 Å². The lowest BCUT2D eigenvalue weighted by Crippen LogP contribution is -2.28. The van der Waals surface area contributed by atoms with Gasteiger partial charge in [0.15, 0.2) is 0 Å². The highest BCUT2D eigenvalue weighted by Gasteiger charge is 2.19. The summed E-state index contributed by atoms with van der Waals surface area (Å²) in [6, 6.07) is 6.41. The minimum Gasteiger partial charge on any atom is -0.393 e. The Morgan fingerprint density at radius 3 is 3.00 bits per heavy atom. The summed E-state index contributed by atoms with van der Waals surface area (Å²) in [5.74, 6) is 0.610. The number of nitrogens with one attached hydrogen (secondary N) is 1. The molecule has 5 heteroatoms. The summed E-state index contributed by atoms with van der Waals surface area (Å²) in [5.41, 5.74) is 3.53. The molecule has 2 atom stereocenters. The Labute approximate surface area is 131 Å². The average Bonchev–Trinajstić information content (AvgIpc) is 3.01. The Hall–Kier alpha value is -1.72. The molecular formula is C17H24N4O. The molecule has 1 aromatic heterocycles. The molecule has 5 nitrogen and oxygen atoms in total. The first-order valence-electron chi connectivity index (χ1n) is 8.05. The van der Waals surface area contributed by atoms with Gasteiger partial charge in [0.05, 0.1) is 11.8 Å². The second-order valence-corrected chi connectivity index (χ2v) is 6.28. The zero-order valence-corrected chi connectivity index (χ0v) is 13.1. The molecule has 2 N–H and O–H groups in total. The Balaban J connectivity index is 1.54. The van der Waals surface area contributed by atoms with Crippen LogP contribution in [0.5, 0.6) is 0 Å². The summed E-state index contributed by atoms with van der Waals surface area (Å²) < 4.78 is 1.79. The van der Waals surface area contributed by atoms with E-state index in [-0.39, 0.29) is 6.10 Å². The molecule has 2 aromatic rings. The highest BCUT2D eigenvalue weighted by Crippen LogP contribution is 2.23. The highest BCUT2D eigenvalue weighted by atomic mass is 16.3. The third-order valence-electron chi connectivity index (χ3n) is 4.44. The minimum atomic E-state index is -0.0928. The summed E-state index contributed by atoms with van der Waals surface area (Å²) in [6.07, 6.45) is 7.47. The first-order valence-corrected chi connectivity index (χ1v) is 8.05. The lowest BCUT2D eigenvalue weighted by atomic mass is 9.87. The third kappa shape index (κ3) is 3.72. The van der Waals surface area contributed by atoms with Crippen LogP contribution >= 0.6 is 0 Å². The van der Waals surface area contributed by atoms with Gasteiger partial charge in [0.1, 0.15) is 12.7 Å². The zero-order valence-electron chi connectivity index (χ0n) is 13.1. The average molecular weight is 300 g/mol. The largest absolute Gasteiger partial charge is 0.393 e. The van der Waals surface area contributed by atoms with Crippen molar-refractivity contribution in [2.75, 3.05) is 6.54 Å². The Kier molecular flexibility index (Phi) is 4.85. The van der Waals surface area contributed by atoms with Crippen LogP contribution in [-0.4, -0.2) is 32.5 Å². The monoisotopic (exact) mass is 300 g/mol. The minimum absolute atomic E-state index is 0.0928. The van der Waals surface area contributed by atoms with Crippen LogP contribution in [0.3, 0.4) is 0 Å². The standard InChI is InChI=1S/C17H24N4O/c1-13-7-15(5-6-17(13)21-12-19-11-20-21)10-18-9-14-3-2-4-16(22)8-14/h5-7,11-12,14,16,18,22H,2-4,8-10H2,1H3. The molecule has 1 aliphatic rings. The summed E-state index contributed by atoms with van der Waals surface area (Å²) in [7, 11) is 0. The van der Waals surface area contributed by atoms with E-state index in [4.69, 9.17) is 0 Å². The molecule has 0 aliphatic heterocycles. The van der Waals surface area contributed by atoms with E-state index in [0.29, 0.717) is 5.92 Å². The maximum absolute atomic E-state index is 9.71. The maximum Gasteiger partial charge on any atom is 0.138 e. The quantitative estimate of drug-likeness (QED) is 0.889. The summed E-state index contributed by atoms with van der Waals surface area (Å²) >= 11 is 0. The topological polar surface area (TPSA) is 63.0 Å². The molecule has 1 heterocycles. The van der Waals surface area contributed by atoms with Crippen molar-refractivity contribution < 1.29 is 5.11 Å². The van der Waals surface area contributed by atoms with Crippen molar-refractivity contribution in [1.29, 1.82) is 0 Å². The van der Waals surface area contributed by atoms with Crippen LogP contribution in [0, 0.1) is 12.8 Å². The molecule has 0 spiro atoms. The molecule has 1 saturated carbocycles. The Bertz CT molecular complexity index is 597. The normalized spacial score (nSPS) is 21.9. The van der Waals surface area contributed by atoms with E-state index in [0.717, 1.165) is 38.0 Å². The Morgan fingerprint density at radius 1 is 1.36 bits per heavy atom. The Morgan fingerprint density at radius 2 is 2.27 bits per heavy atom. The van der Waals surface area contributed by atoms with Gasteiger partial charge in [-0.2, -0.15) is 5.10 Å². The summed E-state index contributed by atoms with van der Waals surface area (Å²) in [4.78, 5) is 3.99. The van der Waals surface area contributed by atoms with Crippen LogP contribution in [0.4, 0.5) is 0 Å². The summed E-state index contributed by atoms with van der Waals surface area (Å²) in [5, 5.41) is 17.4. The zero-order chi connectivity index (χ0) is 15.4. The molecular weight excluding hydrogens is 276 g/mol. The SMILES string of the molecule is Cc1cc(CNCC2CCCC(O)C2)ccc1-n1cncn1. The van der Waals surface area contributed by atoms with Gasteiger partial charge in [-0.15, -0.1) is 0 Å². The highest BCUT2D eigenvalue weighted by molar-refractivity contribution is 5.41. The molecule has 118 valence electrons. The van der Waals surface area contributed by atoms with Gasteiger partial charge in [0.2, 0.25) is 0 Å². The van der Waals surface area contributed by atoms with Gasteiger partial charge in [0.25, 0.3) is 0 Å². The fourth-order valence-electron chi connectivity index (χ4n) is 3.29. The van der Waals surface area contributed by atoms with Crippen molar-refractivity contribution in [2.45, 2.75) is 45.3 Å². The lowest BCUT2D eigenvalue weighted by molar-refractivity contribution is 0.101. The van der Waals surface area contributed by atoms with Crippen molar-refractivity contribution >= 4 is 0 Å². The van der Waals surface area contributed by atoms with Crippen LogP contribution in [-0.2, 0) is 6.54 Å². The number of aliphatic hydroxyl groups excluding tert-OH is 1. The number of hydrogen-bond acceptors (Lipinski definition) is 4. The number of nitrogens with zero attached hydrogens (tertiary/aromatic N) is 3. The van der Waals surface area contributed by atoms with Gasteiger partial charge in [-0.25, -0.2) is 9.67 Å². The fourth-order valence-corrected chi connectivity index (χ4v) is 3.29. The third-order valence-corrected chi connectivity index (χ3v) is 4.44. The van der Waals surface area contributed by atoms with Gasteiger partial charge in [-0.1, -0.05) is 18.6 Å². The fraction of sp³-hybridized carbons (Fsp3) is 0.529. The van der Waals surface area contributed by atoms with Crippen LogP contribution in [0.15, 0.2) is 30.9 Å². The van der Waals surface area contributed by atoms with E-state index in [1.165, 1.54) is 17.5 Å². The molecule has 0 bridgehead atoms. The second-order valence-electron chi connectivity index (χ2n) is 6.28. The molecule has 1 aromatic carbocycles. The number of rotatable bonds is 5. The second kappa shape index (κ2) is 7.03. The van der Waals surface area contributed by atoms with Gasteiger partial charge >= 0.3 is 0 Å². The molecule has 0 saturated heterocycles. The molecule has 0 amide bonds. The molecule has 22 heavy (non-hydrogen) atoms. The molecule has 1 fully saturated rings. The van der Waals surface area contributed by atoms with Crippen molar-refractivity contribution in [3.8, 4) is 5.69 Å². The van der Waals surface area contributed by atoms with Crippen LogP contribution in [0.1, 0.15) is 36.8 Å². The van der Waals surface area contributed by atoms with E-state index in [2.05, 4.69) is 40.5 Å². The number of aromatic nitrogens is 3. The number of aliphatic hydroxyl groups is 1. The predicted octanol–water partition coefficient (Wildman–Crippen LogP) is 2.22. The summed E-state index contributed by atoms with van der Waals surface area (Å²) in [6.45, 7) is 3.95. The van der Waals surface area contributed by atoms with Gasteiger partial charge in [0, 0.05) is 6.54 Å². The molecule has 3 rings (SSSR count). The molecule has 0 radical (unpaired) electrons. The molecule has 2 unspecified atom stereocenters. The van der Waals surface area contributed by atoms with Crippen molar-refractivity contribution in [1.82, 2.24) is 20.1 Å². The van der Waals surface area contributed by atoms with E-state index < -0.39 is 0 Å². The first-order chi connectivity index (χ1) is 10.7. The van der Waals surface area contributed by atoms with Gasteiger partial charge in [-0.3, -0.25) is 0 Å². The van der Waals surface area contributed by atoms with E-state index >= 15 is 0 Å². The lowest BCUT2D eigenvalue weighted by Gasteiger charge is -2.26. The van der Waals surface area contributed by atoms with Crippen LogP contribution in [0.2, 0.25) is 0 Å². The molecule has 1 aliphatic carbocycles. The van der Waals surface area contributed by atoms with Crippen molar-refractivity contribution in [3.63, 3.8) is 0 Å².